The Balaban J connectivity index is 2.72. The second-order valence-electron chi connectivity index (χ2n) is 4.01. The summed E-state index contributed by atoms with van der Waals surface area (Å²) >= 11 is 0. The van der Waals surface area contributed by atoms with Gasteiger partial charge < -0.3 is 9.47 Å². The van der Waals surface area contributed by atoms with Gasteiger partial charge in [-0.1, -0.05) is 19.1 Å². The van der Waals surface area contributed by atoms with Gasteiger partial charge in [0.05, 0.1) is 19.6 Å². The van der Waals surface area contributed by atoms with Gasteiger partial charge in [-0.2, -0.15) is 0 Å². The van der Waals surface area contributed by atoms with Crippen LogP contribution in [0.4, 0.5) is 0 Å². The summed E-state index contributed by atoms with van der Waals surface area (Å²) in [4.78, 5) is 23.2. The molecular formula is C14H18O4. The Morgan fingerprint density at radius 2 is 2.06 bits per heavy atom. The fraction of sp³-hybridized carbons (Fsp3) is 0.429. The van der Waals surface area contributed by atoms with Gasteiger partial charge in [0.1, 0.15) is 5.75 Å². The van der Waals surface area contributed by atoms with Crippen molar-refractivity contribution in [2.24, 2.45) is 5.92 Å². The van der Waals surface area contributed by atoms with E-state index in [0.717, 1.165) is 0 Å². The van der Waals surface area contributed by atoms with Gasteiger partial charge >= 0.3 is 5.97 Å². The Labute approximate surface area is 107 Å². The fourth-order valence-corrected chi connectivity index (χ4v) is 1.61. The molecule has 4 nitrogen and oxygen atoms in total. The molecular weight excluding hydrogens is 232 g/mol. The number of rotatable bonds is 6. The van der Waals surface area contributed by atoms with E-state index in [4.69, 9.17) is 4.74 Å². The SMILES string of the molecule is CCOc1cccc(C(=O)CC(C)C(=O)OC)c1. The summed E-state index contributed by atoms with van der Waals surface area (Å²) in [5.41, 5.74) is 0.553. The zero-order valence-corrected chi connectivity index (χ0v) is 10.9. The lowest BCUT2D eigenvalue weighted by molar-refractivity contribution is -0.144. The van der Waals surface area contributed by atoms with Crippen LogP contribution in [0.1, 0.15) is 30.6 Å². The normalized spacial score (nSPS) is 11.7. The van der Waals surface area contributed by atoms with Crippen molar-refractivity contribution in [2.45, 2.75) is 20.3 Å². The summed E-state index contributed by atoms with van der Waals surface area (Å²) in [6, 6.07) is 6.97. The van der Waals surface area contributed by atoms with E-state index in [1.807, 2.05) is 6.92 Å². The molecule has 0 radical (unpaired) electrons. The molecule has 98 valence electrons. The maximum absolute atomic E-state index is 12.0. The number of hydrogen-bond acceptors (Lipinski definition) is 4. The van der Waals surface area contributed by atoms with Crippen molar-refractivity contribution >= 4 is 11.8 Å². The van der Waals surface area contributed by atoms with E-state index in [1.165, 1.54) is 7.11 Å². The second-order valence-corrected chi connectivity index (χ2v) is 4.01. The minimum atomic E-state index is -0.432. The number of ether oxygens (including phenoxy) is 2. The van der Waals surface area contributed by atoms with Crippen molar-refractivity contribution in [3.63, 3.8) is 0 Å². The molecule has 1 atom stereocenters. The van der Waals surface area contributed by atoms with Gasteiger partial charge in [0.25, 0.3) is 0 Å². The molecule has 0 spiro atoms. The van der Waals surface area contributed by atoms with Crippen LogP contribution in [0.2, 0.25) is 0 Å². The van der Waals surface area contributed by atoms with E-state index >= 15 is 0 Å². The average molecular weight is 250 g/mol. The lowest BCUT2D eigenvalue weighted by Crippen LogP contribution is -2.16. The minimum Gasteiger partial charge on any atom is -0.494 e. The molecule has 1 rings (SSSR count). The third-order valence-electron chi connectivity index (χ3n) is 2.56. The molecule has 1 aromatic carbocycles. The first kappa shape index (κ1) is 14.2. The number of carbonyl (C=O) groups is 2. The predicted octanol–water partition coefficient (Wildman–Crippen LogP) is 2.47. The highest BCUT2D eigenvalue weighted by atomic mass is 16.5. The summed E-state index contributed by atoms with van der Waals surface area (Å²) in [6.45, 7) is 4.11. The predicted molar refractivity (Wildman–Crippen MR) is 67.7 cm³/mol. The van der Waals surface area contributed by atoms with Crippen LogP contribution in [0.25, 0.3) is 0 Å². The molecule has 0 aliphatic carbocycles. The quantitative estimate of drug-likeness (QED) is 0.575. The van der Waals surface area contributed by atoms with E-state index in [0.29, 0.717) is 17.9 Å². The molecule has 0 heterocycles. The lowest BCUT2D eigenvalue weighted by atomic mass is 10.00. The molecule has 0 amide bonds. The molecule has 0 N–H and O–H groups in total. The first-order valence-electron chi connectivity index (χ1n) is 5.92. The summed E-state index contributed by atoms with van der Waals surface area (Å²) in [7, 11) is 1.32. The molecule has 4 heteroatoms. The Kier molecular flexibility index (Phi) is 5.36. The van der Waals surface area contributed by atoms with E-state index in [-0.39, 0.29) is 18.2 Å². The number of benzene rings is 1. The molecule has 0 saturated carbocycles. The molecule has 0 fully saturated rings. The monoisotopic (exact) mass is 250 g/mol. The standard InChI is InChI=1S/C14H18O4/c1-4-18-12-7-5-6-11(9-12)13(15)8-10(2)14(16)17-3/h5-7,9-10H,4,8H2,1-3H3. The van der Waals surface area contributed by atoms with Gasteiger partial charge in [0, 0.05) is 12.0 Å². The van der Waals surface area contributed by atoms with E-state index in [1.54, 1.807) is 31.2 Å². The highest BCUT2D eigenvalue weighted by Crippen LogP contribution is 2.17. The largest absolute Gasteiger partial charge is 0.494 e. The average Bonchev–Trinajstić information content (AvgIpc) is 2.38. The van der Waals surface area contributed by atoms with Gasteiger partial charge in [0.15, 0.2) is 5.78 Å². The van der Waals surface area contributed by atoms with Crippen LogP contribution in [-0.2, 0) is 9.53 Å². The van der Waals surface area contributed by atoms with Gasteiger partial charge in [0.2, 0.25) is 0 Å². The number of esters is 1. The number of ketones is 1. The first-order valence-corrected chi connectivity index (χ1v) is 5.92. The number of carbonyl (C=O) groups excluding carboxylic acids is 2. The molecule has 1 aromatic rings. The minimum absolute atomic E-state index is 0.0885. The highest BCUT2D eigenvalue weighted by Gasteiger charge is 2.18. The second kappa shape index (κ2) is 6.79. The van der Waals surface area contributed by atoms with E-state index < -0.39 is 5.92 Å². The maximum atomic E-state index is 12.0. The first-order chi connectivity index (χ1) is 8.58. The molecule has 0 aliphatic heterocycles. The molecule has 0 bridgehead atoms. The van der Waals surface area contributed by atoms with Crippen LogP contribution in [0.3, 0.4) is 0 Å². The van der Waals surface area contributed by atoms with Crippen molar-refractivity contribution in [3.8, 4) is 5.75 Å². The fourth-order valence-electron chi connectivity index (χ4n) is 1.61. The number of methoxy groups -OCH3 is 1. The molecule has 0 aromatic heterocycles. The Bertz CT molecular complexity index is 426. The van der Waals surface area contributed by atoms with Gasteiger partial charge in [-0.25, -0.2) is 0 Å². The van der Waals surface area contributed by atoms with Crippen LogP contribution in [0.15, 0.2) is 24.3 Å². The number of hydrogen-bond donors (Lipinski definition) is 0. The zero-order chi connectivity index (χ0) is 13.5. The Morgan fingerprint density at radius 3 is 2.67 bits per heavy atom. The van der Waals surface area contributed by atoms with Crippen LogP contribution in [0, 0.1) is 5.92 Å². The summed E-state index contributed by atoms with van der Waals surface area (Å²) in [6.07, 6.45) is 0.141. The van der Waals surface area contributed by atoms with Crippen molar-refractivity contribution in [1.29, 1.82) is 0 Å². The van der Waals surface area contributed by atoms with Crippen molar-refractivity contribution in [2.75, 3.05) is 13.7 Å². The summed E-state index contributed by atoms with van der Waals surface area (Å²) in [5, 5.41) is 0. The van der Waals surface area contributed by atoms with Crippen LogP contribution in [0.5, 0.6) is 5.75 Å². The van der Waals surface area contributed by atoms with Gasteiger partial charge in [-0.05, 0) is 19.1 Å². The Hall–Kier alpha value is -1.84. The van der Waals surface area contributed by atoms with Crippen molar-refractivity contribution < 1.29 is 19.1 Å². The third-order valence-corrected chi connectivity index (χ3v) is 2.56. The van der Waals surface area contributed by atoms with Crippen LogP contribution >= 0.6 is 0 Å². The molecule has 0 saturated heterocycles. The topological polar surface area (TPSA) is 52.6 Å². The van der Waals surface area contributed by atoms with E-state index in [2.05, 4.69) is 4.74 Å². The van der Waals surface area contributed by atoms with Crippen LogP contribution in [-0.4, -0.2) is 25.5 Å². The van der Waals surface area contributed by atoms with Crippen LogP contribution < -0.4 is 4.74 Å². The van der Waals surface area contributed by atoms with Gasteiger partial charge in [-0.15, -0.1) is 0 Å². The maximum Gasteiger partial charge on any atom is 0.308 e. The third kappa shape index (κ3) is 3.87. The number of Topliss-reactive ketones (excluding diaryl/α,β-unsaturated/α-hetero) is 1. The lowest BCUT2D eigenvalue weighted by Gasteiger charge is -2.09. The molecule has 18 heavy (non-hydrogen) atoms. The zero-order valence-electron chi connectivity index (χ0n) is 10.9. The molecule has 1 unspecified atom stereocenters. The van der Waals surface area contributed by atoms with Crippen molar-refractivity contribution in [3.05, 3.63) is 29.8 Å². The van der Waals surface area contributed by atoms with Gasteiger partial charge in [-0.3, -0.25) is 9.59 Å². The highest BCUT2D eigenvalue weighted by molar-refractivity contribution is 5.98. The van der Waals surface area contributed by atoms with Crippen molar-refractivity contribution in [1.82, 2.24) is 0 Å². The van der Waals surface area contributed by atoms with E-state index in [9.17, 15) is 9.59 Å². The smallest absolute Gasteiger partial charge is 0.308 e. The Morgan fingerprint density at radius 1 is 1.33 bits per heavy atom. The summed E-state index contributed by atoms with van der Waals surface area (Å²) < 4.78 is 9.92. The molecule has 0 aliphatic rings. The summed E-state index contributed by atoms with van der Waals surface area (Å²) in [5.74, 6) is -0.230.